The van der Waals surface area contributed by atoms with Gasteiger partial charge in [0, 0.05) is 18.2 Å². The van der Waals surface area contributed by atoms with Crippen molar-refractivity contribution < 1.29 is 4.74 Å². The zero-order valence-corrected chi connectivity index (χ0v) is 10.5. The molecule has 0 amide bonds. The van der Waals surface area contributed by atoms with Crippen LogP contribution in [0.1, 0.15) is 13.3 Å². The lowest BCUT2D eigenvalue weighted by atomic mass is 10.2. The highest BCUT2D eigenvalue weighted by molar-refractivity contribution is 6.33. The van der Waals surface area contributed by atoms with E-state index < -0.39 is 0 Å². The minimum absolute atomic E-state index is 0.510. The summed E-state index contributed by atoms with van der Waals surface area (Å²) in [7, 11) is 1.57. The van der Waals surface area contributed by atoms with E-state index in [0.717, 1.165) is 24.4 Å². The predicted octanol–water partition coefficient (Wildman–Crippen LogP) is 2.41. The molecule has 0 aliphatic carbocycles. The van der Waals surface area contributed by atoms with E-state index in [2.05, 4.69) is 22.0 Å². The lowest BCUT2D eigenvalue weighted by Crippen LogP contribution is -2.02. The molecule has 2 rings (SSSR count). The molecule has 0 aliphatic heterocycles. The largest absolute Gasteiger partial charge is 0.481 e. The number of hydrogen-bond donors (Lipinski definition) is 0. The highest BCUT2D eigenvalue weighted by atomic mass is 35.5. The van der Waals surface area contributed by atoms with E-state index in [-0.39, 0.29) is 0 Å². The molecule has 0 radical (unpaired) electrons. The number of hydrogen-bond acceptors (Lipinski definition) is 4. The van der Waals surface area contributed by atoms with Gasteiger partial charge in [0.15, 0.2) is 5.82 Å². The third kappa shape index (κ3) is 2.39. The number of methoxy groups -OCH3 is 1. The Kier molecular flexibility index (Phi) is 3.58. The first kappa shape index (κ1) is 11.9. The van der Waals surface area contributed by atoms with Crippen LogP contribution < -0.4 is 4.74 Å². The molecule has 0 spiro atoms. The topological polar surface area (TPSA) is 52.8 Å². The van der Waals surface area contributed by atoms with Crippen LogP contribution in [0.3, 0.4) is 0 Å². The Hall–Kier alpha value is -1.62. The Morgan fingerprint density at radius 1 is 1.41 bits per heavy atom. The number of halogens is 1. The van der Waals surface area contributed by atoms with Crippen molar-refractivity contribution in [3.8, 4) is 17.3 Å². The van der Waals surface area contributed by atoms with E-state index in [1.165, 1.54) is 6.33 Å². The molecule has 5 nitrogen and oxygen atoms in total. The normalized spacial score (nSPS) is 10.5. The van der Waals surface area contributed by atoms with Crippen LogP contribution in [0, 0.1) is 0 Å². The van der Waals surface area contributed by atoms with Gasteiger partial charge in [-0.1, -0.05) is 18.5 Å². The fourth-order valence-corrected chi connectivity index (χ4v) is 1.74. The maximum absolute atomic E-state index is 6.12. The van der Waals surface area contributed by atoms with Gasteiger partial charge in [-0.25, -0.2) is 14.6 Å². The van der Waals surface area contributed by atoms with E-state index in [0.29, 0.717) is 10.9 Å². The monoisotopic (exact) mass is 252 g/mol. The van der Waals surface area contributed by atoms with Crippen LogP contribution in [0.5, 0.6) is 5.88 Å². The summed E-state index contributed by atoms with van der Waals surface area (Å²) in [6.07, 6.45) is 4.06. The first-order valence-electron chi connectivity index (χ1n) is 5.34. The van der Waals surface area contributed by atoms with Gasteiger partial charge in [-0.3, -0.25) is 0 Å². The minimum atomic E-state index is 0.510. The predicted molar refractivity (Wildman–Crippen MR) is 65.1 cm³/mol. The van der Waals surface area contributed by atoms with Crippen molar-refractivity contribution in [2.75, 3.05) is 7.11 Å². The van der Waals surface area contributed by atoms with Gasteiger partial charge in [-0.2, -0.15) is 5.10 Å². The van der Waals surface area contributed by atoms with Gasteiger partial charge in [-0.05, 0) is 6.42 Å². The van der Waals surface area contributed by atoms with Crippen molar-refractivity contribution >= 4 is 11.6 Å². The van der Waals surface area contributed by atoms with Gasteiger partial charge in [0.2, 0.25) is 5.88 Å². The molecule has 0 saturated heterocycles. The molecule has 2 aromatic rings. The average molecular weight is 253 g/mol. The first-order chi connectivity index (χ1) is 8.26. The van der Waals surface area contributed by atoms with Crippen LogP contribution in [0.4, 0.5) is 0 Å². The molecule has 0 fully saturated rings. The van der Waals surface area contributed by atoms with Crippen LogP contribution >= 0.6 is 11.6 Å². The molecular formula is C11H13ClN4O. The standard InChI is InChI=1S/C11H13ClN4O/c1-3-4-16-11(14-7-15-16)8-5-10(17-2)13-6-9(8)12/h5-7H,3-4H2,1-2H3. The van der Waals surface area contributed by atoms with E-state index in [1.54, 1.807) is 19.4 Å². The fourth-order valence-electron chi connectivity index (χ4n) is 1.55. The lowest BCUT2D eigenvalue weighted by molar-refractivity contribution is 0.398. The number of aromatic nitrogens is 4. The minimum Gasteiger partial charge on any atom is -0.481 e. The zero-order chi connectivity index (χ0) is 12.3. The second kappa shape index (κ2) is 5.14. The maximum Gasteiger partial charge on any atom is 0.213 e. The molecular weight excluding hydrogens is 240 g/mol. The molecule has 6 heteroatoms. The molecule has 0 saturated carbocycles. The number of pyridine rings is 1. The van der Waals surface area contributed by atoms with Gasteiger partial charge >= 0.3 is 0 Å². The van der Waals surface area contributed by atoms with Crippen LogP contribution in [0.25, 0.3) is 11.4 Å². The summed E-state index contributed by atoms with van der Waals surface area (Å²) in [5.41, 5.74) is 0.782. The Labute approximate surface area is 104 Å². The summed E-state index contributed by atoms with van der Waals surface area (Å²) in [6.45, 7) is 2.89. The number of ether oxygens (including phenoxy) is 1. The fraction of sp³-hybridized carbons (Fsp3) is 0.364. The highest BCUT2D eigenvalue weighted by Crippen LogP contribution is 2.28. The van der Waals surface area contributed by atoms with Crippen LogP contribution in [-0.2, 0) is 6.54 Å². The lowest BCUT2D eigenvalue weighted by Gasteiger charge is -2.07. The number of nitrogens with zero attached hydrogens (tertiary/aromatic N) is 4. The van der Waals surface area contributed by atoms with Gasteiger partial charge in [0.05, 0.1) is 18.3 Å². The van der Waals surface area contributed by atoms with Gasteiger partial charge in [-0.15, -0.1) is 0 Å². The van der Waals surface area contributed by atoms with Crippen LogP contribution in [0.2, 0.25) is 5.02 Å². The molecule has 0 atom stereocenters. The SMILES string of the molecule is CCCn1ncnc1-c1cc(OC)ncc1Cl. The molecule has 90 valence electrons. The molecule has 0 aromatic carbocycles. The van der Waals surface area contributed by atoms with Crippen molar-refractivity contribution in [3.05, 3.63) is 23.6 Å². The molecule has 0 bridgehead atoms. The third-order valence-corrected chi connectivity index (χ3v) is 2.63. The summed E-state index contributed by atoms with van der Waals surface area (Å²) in [6, 6.07) is 1.76. The molecule has 0 aliphatic rings. The van der Waals surface area contributed by atoms with E-state index in [1.807, 2.05) is 4.68 Å². The maximum atomic E-state index is 6.12. The van der Waals surface area contributed by atoms with Gasteiger partial charge < -0.3 is 4.74 Å². The quantitative estimate of drug-likeness (QED) is 0.839. The number of aryl methyl sites for hydroxylation is 1. The second-order valence-electron chi connectivity index (χ2n) is 3.51. The van der Waals surface area contributed by atoms with Gasteiger partial charge in [0.1, 0.15) is 6.33 Å². The summed E-state index contributed by atoms with van der Waals surface area (Å²) < 4.78 is 6.90. The van der Waals surface area contributed by atoms with Crippen molar-refractivity contribution in [2.45, 2.75) is 19.9 Å². The average Bonchev–Trinajstić information content (AvgIpc) is 2.78. The third-order valence-electron chi connectivity index (χ3n) is 2.33. The van der Waals surface area contributed by atoms with Crippen molar-refractivity contribution in [1.82, 2.24) is 19.7 Å². The van der Waals surface area contributed by atoms with Crippen molar-refractivity contribution in [1.29, 1.82) is 0 Å². The first-order valence-corrected chi connectivity index (χ1v) is 5.71. The van der Waals surface area contributed by atoms with Gasteiger partial charge in [0.25, 0.3) is 0 Å². The Bertz CT molecular complexity index is 512. The van der Waals surface area contributed by atoms with E-state index >= 15 is 0 Å². The van der Waals surface area contributed by atoms with E-state index in [9.17, 15) is 0 Å². The molecule has 0 unspecified atom stereocenters. The smallest absolute Gasteiger partial charge is 0.213 e. The Morgan fingerprint density at radius 2 is 2.24 bits per heavy atom. The molecule has 2 aromatic heterocycles. The van der Waals surface area contributed by atoms with Crippen molar-refractivity contribution in [3.63, 3.8) is 0 Å². The summed E-state index contributed by atoms with van der Waals surface area (Å²) in [4.78, 5) is 8.26. The van der Waals surface area contributed by atoms with E-state index in [4.69, 9.17) is 16.3 Å². The number of rotatable bonds is 4. The summed E-state index contributed by atoms with van der Waals surface area (Å²) in [5.74, 6) is 1.24. The summed E-state index contributed by atoms with van der Waals surface area (Å²) in [5, 5.41) is 4.70. The Morgan fingerprint density at radius 3 is 2.94 bits per heavy atom. The zero-order valence-electron chi connectivity index (χ0n) is 9.72. The highest BCUT2D eigenvalue weighted by Gasteiger charge is 2.12. The summed E-state index contributed by atoms with van der Waals surface area (Å²) >= 11 is 6.12. The molecule has 2 heterocycles. The second-order valence-corrected chi connectivity index (χ2v) is 3.92. The molecule has 17 heavy (non-hydrogen) atoms. The van der Waals surface area contributed by atoms with Crippen LogP contribution in [-0.4, -0.2) is 26.9 Å². The Balaban J connectivity index is 2.47. The van der Waals surface area contributed by atoms with Crippen molar-refractivity contribution in [2.24, 2.45) is 0 Å². The van der Waals surface area contributed by atoms with Crippen LogP contribution in [0.15, 0.2) is 18.6 Å². The molecule has 0 N–H and O–H groups in total.